The Morgan fingerprint density at radius 1 is 1.11 bits per heavy atom. The molecule has 2 amide bonds. The van der Waals surface area contributed by atoms with Crippen LogP contribution in [-0.4, -0.2) is 69.0 Å². The molecule has 0 saturated carbocycles. The SMILES string of the molecule is CCCCN1C(=O)C(C(O)C(C)C)NC(=O)C12CCN(Cc1ccc(Oc3ccc(C)nc3)cc1)CC2. The van der Waals surface area contributed by atoms with Gasteiger partial charge in [0.1, 0.15) is 23.1 Å². The zero-order valence-corrected chi connectivity index (χ0v) is 22.4. The van der Waals surface area contributed by atoms with Crippen LogP contribution in [0.5, 0.6) is 11.5 Å². The van der Waals surface area contributed by atoms with Gasteiger partial charge in [-0.3, -0.25) is 19.5 Å². The van der Waals surface area contributed by atoms with Crippen molar-refractivity contribution in [1.82, 2.24) is 20.1 Å². The van der Waals surface area contributed by atoms with E-state index in [1.54, 1.807) is 11.1 Å². The second kappa shape index (κ2) is 11.6. The molecule has 1 aromatic carbocycles. The number of likely N-dealkylation sites (tertiary alicyclic amines) is 1. The molecule has 4 rings (SSSR count). The minimum Gasteiger partial charge on any atom is -0.456 e. The molecule has 2 N–H and O–H groups in total. The fourth-order valence-electron chi connectivity index (χ4n) is 5.25. The van der Waals surface area contributed by atoms with Gasteiger partial charge in [0.25, 0.3) is 0 Å². The third-order valence-corrected chi connectivity index (χ3v) is 7.65. The third kappa shape index (κ3) is 5.96. The van der Waals surface area contributed by atoms with Crippen LogP contribution in [0, 0.1) is 12.8 Å². The van der Waals surface area contributed by atoms with Crippen molar-refractivity contribution in [2.45, 2.75) is 77.6 Å². The van der Waals surface area contributed by atoms with Crippen molar-refractivity contribution in [3.63, 3.8) is 0 Å². The molecule has 0 radical (unpaired) electrons. The summed E-state index contributed by atoms with van der Waals surface area (Å²) in [5.74, 6) is 1.06. The van der Waals surface area contributed by atoms with E-state index in [2.05, 4.69) is 34.3 Å². The lowest BCUT2D eigenvalue weighted by atomic mass is 9.80. The number of amides is 2. The summed E-state index contributed by atoms with van der Waals surface area (Å²) in [5.41, 5.74) is 1.27. The molecule has 8 nitrogen and oxygen atoms in total. The third-order valence-electron chi connectivity index (χ3n) is 7.65. The largest absolute Gasteiger partial charge is 0.456 e. The highest BCUT2D eigenvalue weighted by atomic mass is 16.5. The number of aliphatic hydroxyl groups is 1. The van der Waals surface area contributed by atoms with Gasteiger partial charge < -0.3 is 20.1 Å². The number of benzene rings is 1. The zero-order chi connectivity index (χ0) is 26.6. The molecular weight excluding hydrogens is 468 g/mol. The van der Waals surface area contributed by atoms with E-state index in [9.17, 15) is 14.7 Å². The van der Waals surface area contributed by atoms with E-state index in [0.717, 1.165) is 36.4 Å². The Bertz CT molecular complexity index is 1060. The fraction of sp³-hybridized carbons (Fsp3) is 0.552. The molecule has 2 aliphatic heterocycles. The van der Waals surface area contributed by atoms with Crippen LogP contribution >= 0.6 is 0 Å². The topological polar surface area (TPSA) is 95.0 Å². The highest BCUT2D eigenvalue weighted by Gasteiger charge is 2.54. The Morgan fingerprint density at radius 3 is 2.38 bits per heavy atom. The molecule has 8 heteroatoms. The maximum absolute atomic E-state index is 13.5. The number of rotatable bonds is 9. The summed E-state index contributed by atoms with van der Waals surface area (Å²) >= 11 is 0. The molecule has 37 heavy (non-hydrogen) atoms. The summed E-state index contributed by atoms with van der Waals surface area (Å²) in [7, 11) is 0. The summed E-state index contributed by atoms with van der Waals surface area (Å²) < 4.78 is 5.88. The molecule has 1 spiro atoms. The molecule has 2 saturated heterocycles. The molecule has 2 unspecified atom stereocenters. The predicted molar refractivity (Wildman–Crippen MR) is 142 cm³/mol. The van der Waals surface area contributed by atoms with E-state index in [-0.39, 0.29) is 17.7 Å². The van der Waals surface area contributed by atoms with Crippen LogP contribution in [0.25, 0.3) is 0 Å². The number of nitrogens with one attached hydrogen (secondary N) is 1. The number of ether oxygens (including phenoxy) is 1. The first-order valence-electron chi connectivity index (χ1n) is 13.5. The Labute approximate surface area is 220 Å². The van der Waals surface area contributed by atoms with Gasteiger partial charge >= 0.3 is 0 Å². The Kier molecular flexibility index (Phi) is 8.49. The Hall–Kier alpha value is -2.97. The van der Waals surface area contributed by atoms with E-state index in [1.165, 1.54) is 0 Å². The minimum atomic E-state index is -0.896. The average molecular weight is 509 g/mol. The van der Waals surface area contributed by atoms with Gasteiger partial charge in [-0.05, 0) is 61.9 Å². The molecule has 200 valence electrons. The van der Waals surface area contributed by atoms with Gasteiger partial charge in [-0.2, -0.15) is 0 Å². The number of piperidine rings is 1. The molecule has 2 fully saturated rings. The number of aromatic nitrogens is 1. The second-order valence-corrected chi connectivity index (χ2v) is 10.7. The van der Waals surface area contributed by atoms with Crippen molar-refractivity contribution in [2.75, 3.05) is 19.6 Å². The Balaban J connectivity index is 1.39. The standard InChI is InChI=1S/C29H40N4O4/c1-5-6-15-33-27(35)25(26(34)20(2)3)31-28(36)29(33)13-16-32(17-14-29)19-22-8-11-23(12-9-22)37-24-10-7-21(4)30-18-24/h7-12,18,20,25-26,34H,5-6,13-17,19H2,1-4H3,(H,31,36). The van der Waals surface area contributed by atoms with E-state index in [0.29, 0.717) is 38.2 Å². The summed E-state index contributed by atoms with van der Waals surface area (Å²) in [6.07, 6.45) is 3.76. The maximum atomic E-state index is 13.5. The van der Waals surface area contributed by atoms with Crippen molar-refractivity contribution in [1.29, 1.82) is 0 Å². The average Bonchev–Trinajstić information content (AvgIpc) is 2.89. The second-order valence-electron chi connectivity index (χ2n) is 10.7. The number of piperazine rings is 1. The Morgan fingerprint density at radius 2 is 1.78 bits per heavy atom. The van der Waals surface area contributed by atoms with Gasteiger partial charge in [0.15, 0.2) is 0 Å². The number of carbonyl (C=O) groups excluding carboxylic acids is 2. The van der Waals surface area contributed by atoms with Crippen LogP contribution < -0.4 is 10.1 Å². The van der Waals surface area contributed by atoms with Crippen molar-refractivity contribution in [2.24, 2.45) is 5.92 Å². The van der Waals surface area contributed by atoms with Gasteiger partial charge in [0.2, 0.25) is 11.8 Å². The number of nitrogens with zero attached hydrogens (tertiary/aromatic N) is 3. The lowest BCUT2D eigenvalue weighted by Gasteiger charge is -2.52. The molecule has 1 aromatic heterocycles. The molecule has 2 aromatic rings. The number of aliphatic hydroxyl groups excluding tert-OH is 1. The van der Waals surface area contributed by atoms with Crippen LogP contribution in [0.2, 0.25) is 0 Å². The summed E-state index contributed by atoms with van der Waals surface area (Å²) in [6, 6.07) is 11.0. The first kappa shape index (κ1) is 27.1. The fourth-order valence-corrected chi connectivity index (χ4v) is 5.25. The summed E-state index contributed by atoms with van der Waals surface area (Å²) in [4.78, 5) is 35.3. The molecule has 0 bridgehead atoms. The van der Waals surface area contributed by atoms with Crippen molar-refractivity contribution >= 4 is 11.8 Å². The van der Waals surface area contributed by atoms with Gasteiger partial charge in [0, 0.05) is 31.9 Å². The first-order valence-corrected chi connectivity index (χ1v) is 13.5. The highest BCUT2D eigenvalue weighted by molar-refractivity contribution is 6.00. The number of unbranched alkanes of at least 4 members (excludes halogenated alkanes) is 1. The molecule has 0 aliphatic carbocycles. The monoisotopic (exact) mass is 508 g/mol. The van der Waals surface area contributed by atoms with Crippen LogP contribution in [0.4, 0.5) is 0 Å². The van der Waals surface area contributed by atoms with Crippen LogP contribution in [0.15, 0.2) is 42.6 Å². The number of aryl methyl sites for hydroxylation is 1. The predicted octanol–water partition coefficient (Wildman–Crippen LogP) is 3.66. The molecule has 2 atom stereocenters. The van der Waals surface area contributed by atoms with Crippen LogP contribution in [0.3, 0.4) is 0 Å². The smallest absolute Gasteiger partial charge is 0.248 e. The minimum absolute atomic E-state index is 0.122. The lowest BCUT2D eigenvalue weighted by Crippen LogP contribution is -2.74. The van der Waals surface area contributed by atoms with Gasteiger partial charge in [0.05, 0.1) is 12.3 Å². The summed E-state index contributed by atoms with van der Waals surface area (Å²) in [5, 5.41) is 13.5. The number of carbonyl (C=O) groups is 2. The number of hydrogen-bond acceptors (Lipinski definition) is 6. The number of pyridine rings is 1. The van der Waals surface area contributed by atoms with E-state index in [1.807, 2.05) is 45.0 Å². The molecular formula is C29H40N4O4. The van der Waals surface area contributed by atoms with Crippen LogP contribution in [0.1, 0.15) is 57.7 Å². The van der Waals surface area contributed by atoms with Crippen molar-refractivity contribution in [3.05, 3.63) is 53.9 Å². The van der Waals surface area contributed by atoms with E-state index < -0.39 is 17.7 Å². The van der Waals surface area contributed by atoms with Crippen LogP contribution in [-0.2, 0) is 16.1 Å². The number of hydrogen-bond donors (Lipinski definition) is 2. The molecule has 2 aliphatic rings. The van der Waals surface area contributed by atoms with Gasteiger partial charge in [-0.25, -0.2) is 0 Å². The highest BCUT2D eigenvalue weighted by Crippen LogP contribution is 2.35. The van der Waals surface area contributed by atoms with E-state index >= 15 is 0 Å². The zero-order valence-electron chi connectivity index (χ0n) is 22.4. The molecule has 3 heterocycles. The van der Waals surface area contributed by atoms with E-state index in [4.69, 9.17) is 4.74 Å². The first-order chi connectivity index (χ1) is 17.7. The lowest BCUT2D eigenvalue weighted by molar-refractivity contribution is -0.165. The van der Waals surface area contributed by atoms with Gasteiger partial charge in [-0.1, -0.05) is 39.3 Å². The van der Waals surface area contributed by atoms with Crippen molar-refractivity contribution in [3.8, 4) is 11.5 Å². The quantitative estimate of drug-likeness (QED) is 0.537. The summed E-state index contributed by atoms with van der Waals surface area (Å²) in [6.45, 7) is 10.5. The van der Waals surface area contributed by atoms with Gasteiger partial charge in [-0.15, -0.1) is 0 Å². The maximum Gasteiger partial charge on any atom is 0.248 e. The normalized spacial score (nSPS) is 20.8. The van der Waals surface area contributed by atoms with Crippen molar-refractivity contribution < 1.29 is 19.4 Å².